The van der Waals surface area contributed by atoms with Gasteiger partial charge in [0, 0.05) is 75.0 Å². The third-order valence-corrected chi connectivity index (χ3v) is 5.16. The number of nitrogens with one attached hydrogen (secondary N) is 2. The molecule has 1 amide bonds. The van der Waals surface area contributed by atoms with E-state index in [-0.39, 0.29) is 5.52 Å². The van der Waals surface area contributed by atoms with E-state index >= 15 is 0 Å². The molecule has 0 unspecified atom stereocenters. The summed E-state index contributed by atoms with van der Waals surface area (Å²) in [7, 11) is 3.38. The van der Waals surface area contributed by atoms with Gasteiger partial charge in [0.2, 0.25) is 0 Å². The van der Waals surface area contributed by atoms with Gasteiger partial charge in [0.1, 0.15) is 5.52 Å². The number of fused-ring (bicyclic) bond motifs is 1. The van der Waals surface area contributed by atoms with Crippen LogP contribution in [0.4, 0.5) is 21.5 Å². The monoisotopic (exact) mass is 409 g/mol. The van der Waals surface area contributed by atoms with Crippen molar-refractivity contribution in [3.8, 4) is 0 Å². The molecule has 0 spiro atoms. The van der Waals surface area contributed by atoms with Crippen molar-refractivity contribution in [2.75, 3.05) is 49.2 Å². The van der Waals surface area contributed by atoms with Gasteiger partial charge in [-0.2, -0.15) is 5.10 Å². The highest BCUT2D eigenvalue weighted by Gasteiger charge is 2.20. The number of hydrogen-bond acceptors (Lipinski definition) is 6. The summed E-state index contributed by atoms with van der Waals surface area (Å²) in [4.78, 5) is 19.3. The second-order valence-corrected chi connectivity index (χ2v) is 7.24. The molecule has 1 aliphatic heterocycles. The number of carbonyl (C=O) groups is 1. The van der Waals surface area contributed by atoms with Crippen LogP contribution in [0.5, 0.6) is 0 Å². The Morgan fingerprint density at radius 3 is 2.83 bits per heavy atom. The summed E-state index contributed by atoms with van der Waals surface area (Å²) in [6.07, 6.45) is 3.37. The fourth-order valence-electron chi connectivity index (χ4n) is 3.75. The van der Waals surface area contributed by atoms with Crippen LogP contribution in [0.25, 0.3) is 10.9 Å². The van der Waals surface area contributed by atoms with Crippen molar-refractivity contribution in [3.63, 3.8) is 0 Å². The first kappa shape index (κ1) is 19.8. The summed E-state index contributed by atoms with van der Waals surface area (Å²) >= 11 is 0. The Bertz CT molecular complexity index is 1130. The number of aromatic nitrogens is 2. The molecule has 0 aliphatic carbocycles. The van der Waals surface area contributed by atoms with Gasteiger partial charge < -0.3 is 21.3 Å². The van der Waals surface area contributed by atoms with Gasteiger partial charge in [-0.1, -0.05) is 0 Å². The fraction of sp³-hybridized carbons (Fsp3) is 0.286. The number of halogens is 1. The topological polar surface area (TPSA) is 101 Å². The van der Waals surface area contributed by atoms with Crippen LogP contribution in [-0.2, 0) is 7.05 Å². The summed E-state index contributed by atoms with van der Waals surface area (Å²) in [6.45, 7) is 3.46. The summed E-state index contributed by atoms with van der Waals surface area (Å²) < 4.78 is 15.9. The summed E-state index contributed by atoms with van der Waals surface area (Å²) in [5, 5.41) is 10.7. The van der Waals surface area contributed by atoms with Crippen LogP contribution in [0.3, 0.4) is 0 Å². The van der Waals surface area contributed by atoms with Crippen molar-refractivity contribution in [2.45, 2.75) is 0 Å². The maximum atomic E-state index is 14.3. The van der Waals surface area contributed by atoms with Crippen LogP contribution in [0.15, 0.2) is 35.5 Å². The van der Waals surface area contributed by atoms with Crippen molar-refractivity contribution in [2.24, 2.45) is 12.0 Å². The van der Waals surface area contributed by atoms with Crippen molar-refractivity contribution < 1.29 is 9.18 Å². The highest BCUT2D eigenvalue weighted by atomic mass is 19.1. The molecule has 1 saturated heterocycles. The lowest BCUT2D eigenvalue weighted by Gasteiger charge is -2.31. The van der Waals surface area contributed by atoms with Gasteiger partial charge in [-0.05, 0) is 24.3 Å². The molecule has 2 aromatic carbocycles. The predicted octanol–water partition coefficient (Wildman–Crippen LogP) is 2.01. The van der Waals surface area contributed by atoms with E-state index in [9.17, 15) is 9.18 Å². The largest absolute Gasteiger partial charge is 0.397 e. The number of aliphatic imine (C=N–C) groups is 1. The minimum Gasteiger partial charge on any atom is -0.397 e. The minimum absolute atomic E-state index is 0.261. The van der Waals surface area contributed by atoms with Gasteiger partial charge in [0.05, 0.1) is 11.3 Å². The molecule has 0 saturated carbocycles. The zero-order valence-electron chi connectivity index (χ0n) is 16.9. The Labute approximate surface area is 173 Å². The van der Waals surface area contributed by atoms with Gasteiger partial charge >= 0.3 is 0 Å². The van der Waals surface area contributed by atoms with Crippen LogP contribution in [0.1, 0.15) is 15.9 Å². The van der Waals surface area contributed by atoms with E-state index in [0.717, 1.165) is 31.9 Å². The second kappa shape index (κ2) is 8.11. The zero-order chi connectivity index (χ0) is 21.3. The smallest absolute Gasteiger partial charge is 0.257 e. The Balaban J connectivity index is 1.66. The number of aryl methyl sites for hydroxylation is 1. The first-order valence-corrected chi connectivity index (χ1v) is 9.72. The molecular weight excluding hydrogens is 385 g/mol. The molecule has 156 valence electrons. The molecule has 1 fully saturated rings. The third kappa shape index (κ3) is 3.71. The number of anilines is 3. The van der Waals surface area contributed by atoms with Crippen LogP contribution < -0.4 is 21.3 Å². The van der Waals surface area contributed by atoms with Crippen molar-refractivity contribution in [1.29, 1.82) is 0 Å². The summed E-state index contributed by atoms with van der Waals surface area (Å²) in [6, 6.07) is 6.53. The third-order valence-electron chi connectivity index (χ3n) is 5.16. The van der Waals surface area contributed by atoms with Crippen LogP contribution >= 0.6 is 0 Å². The van der Waals surface area contributed by atoms with Gasteiger partial charge in [-0.15, -0.1) is 0 Å². The van der Waals surface area contributed by atoms with Gasteiger partial charge in [-0.25, -0.2) is 4.39 Å². The van der Waals surface area contributed by atoms with E-state index in [0.29, 0.717) is 27.9 Å². The molecular formula is C21H24FN7O. The number of hydrogen-bond donors (Lipinski definition) is 3. The molecule has 9 heteroatoms. The van der Waals surface area contributed by atoms with E-state index in [1.54, 1.807) is 38.6 Å². The summed E-state index contributed by atoms with van der Waals surface area (Å²) in [5.74, 6) is -0.906. The molecule has 1 aliphatic rings. The Morgan fingerprint density at radius 2 is 2.10 bits per heavy atom. The van der Waals surface area contributed by atoms with Crippen LogP contribution in [-0.4, -0.2) is 55.1 Å². The maximum Gasteiger partial charge on any atom is 0.257 e. The fourth-order valence-corrected chi connectivity index (χ4v) is 3.75. The number of nitrogens with two attached hydrogens (primary N) is 1. The molecule has 8 nitrogen and oxygen atoms in total. The average Bonchev–Trinajstić information content (AvgIpc) is 3.11. The van der Waals surface area contributed by atoms with Crippen molar-refractivity contribution >= 4 is 40.1 Å². The number of carbonyl (C=O) groups excluding carboxylic acids is 1. The standard InChI is InChI=1S/C21H24FN7O/c1-24-11-16-18(29-7-5-25-6-8-29)4-3-15(19(16)23)21(30)26-14-9-13-12-28(2)27-20(13)17(22)10-14/h3-4,9-12,25H,5-8,23H2,1-2H3,(H,26,30). The zero-order valence-corrected chi connectivity index (χ0v) is 16.9. The molecule has 30 heavy (non-hydrogen) atoms. The van der Waals surface area contributed by atoms with Crippen molar-refractivity contribution in [3.05, 3.63) is 47.4 Å². The maximum absolute atomic E-state index is 14.3. The normalized spacial score (nSPS) is 14.6. The molecule has 0 atom stereocenters. The Morgan fingerprint density at radius 1 is 1.33 bits per heavy atom. The van der Waals surface area contributed by atoms with E-state index < -0.39 is 11.7 Å². The van der Waals surface area contributed by atoms with E-state index in [4.69, 9.17) is 5.73 Å². The van der Waals surface area contributed by atoms with Crippen LogP contribution in [0, 0.1) is 5.82 Å². The predicted molar refractivity (Wildman–Crippen MR) is 118 cm³/mol. The molecule has 0 radical (unpaired) electrons. The second-order valence-electron chi connectivity index (χ2n) is 7.24. The Kier molecular flexibility index (Phi) is 5.37. The highest BCUT2D eigenvalue weighted by molar-refractivity contribution is 6.12. The van der Waals surface area contributed by atoms with Gasteiger partial charge in [0.25, 0.3) is 5.91 Å². The van der Waals surface area contributed by atoms with E-state index in [2.05, 4.69) is 25.6 Å². The highest BCUT2D eigenvalue weighted by Crippen LogP contribution is 2.29. The van der Waals surface area contributed by atoms with Gasteiger partial charge in [-0.3, -0.25) is 14.5 Å². The molecule has 0 bridgehead atoms. The molecule has 1 aromatic heterocycles. The molecule has 4 N–H and O–H groups in total. The lowest BCUT2D eigenvalue weighted by atomic mass is 10.0. The van der Waals surface area contributed by atoms with E-state index in [1.807, 2.05) is 6.07 Å². The molecule has 4 rings (SSSR count). The average molecular weight is 409 g/mol. The minimum atomic E-state index is -0.496. The SMILES string of the molecule is CN=Cc1c(N2CCNCC2)ccc(C(=O)Nc2cc(F)c3nn(C)cc3c2)c1N. The number of rotatable bonds is 4. The van der Waals surface area contributed by atoms with Gasteiger partial charge in [0.15, 0.2) is 5.82 Å². The lowest BCUT2D eigenvalue weighted by Crippen LogP contribution is -2.44. The number of amides is 1. The van der Waals surface area contributed by atoms with Crippen molar-refractivity contribution in [1.82, 2.24) is 15.1 Å². The number of piperazine rings is 1. The first-order chi connectivity index (χ1) is 14.5. The quantitative estimate of drug-likeness (QED) is 0.452. The number of nitrogens with zero attached hydrogens (tertiary/aromatic N) is 4. The number of benzene rings is 2. The summed E-state index contributed by atoms with van der Waals surface area (Å²) in [5.41, 5.74) is 9.29. The first-order valence-electron chi connectivity index (χ1n) is 9.72. The van der Waals surface area contributed by atoms with E-state index in [1.165, 1.54) is 10.7 Å². The van der Waals surface area contributed by atoms with Crippen LogP contribution in [0.2, 0.25) is 0 Å². The lowest BCUT2D eigenvalue weighted by molar-refractivity contribution is 0.102. The number of nitrogen functional groups attached to an aromatic ring is 1. The molecule has 2 heterocycles. The molecule has 3 aromatic rings. The Hall–Kier alpha value is -3.46.